The number of methoxy groups -OCH3 is 1. The highest BCUT2D eigenvalue weighted by Crippen LogP contribution is 2.23. The average molecular weight is 353 g/mol. The first-order valence-corrected chi connectivity index (χ1v) is 8.22. The maximum atomic E-state index is 12.2. The number of likely N-dealkylation sites (N-methyl/N-ethyl adjacent to an activating group) is 1. The molecule has 0 aliphatic heterocycles. The lowest BCUT2D eigenvalue weighted by atomic mass is 10.1. The molecule has 3 rings (SSSR count). The van der Waals surface area contributed by atoms with Gasteiger partial charge in [-0.05, 0) is 36.9 Å². The molecule has 0 spiro atoms. The van der Waals surface area contributed by atoms with Crippen LogP contribution in [0.15, 0.2) is 35.1 Å². The van der Waals surface area contributed by atoms with E-state index in [0.29, 0.717) is 17.9 Å². The SMILES string of the molecule is COCCN(C)Cc1ccc2[nH]c(-c3c[c]c(C(N)=O)[nH]c3=O)cc2c1. The highest BCUT2D eigenvalue weighted by molar-refractivity contribution is 5.91. The van der Waals surface area contributed by atoms with Gasteiger partial charge in [-0.2, -0.15) is 0 Å². The summed E-state index contributed by atoms with van der Waals surface area (Å²) in [6, 6.07) is 12.2. The Bertz CT molecular complexity index is 990. The summed E-state index contributed by atoms with van der Waals surface area (Å²) >= 11 is 0. The summed E-state index contributed by atoms with van der Waals surface area (Å²) in [6.07, 6.45) is 0. The number of carbonyl (C=O) groups excluding carboxylic acids is 1. The van der Waals surface area contributed by atoms with E-state index in [4.69, 9.17) is 10.5 Å². The highest BCUT2D eigenvalue weighted by Gasteiger charge is 2.11. The van der Waals surface area contributed by atoms with E-state index >= 15 is 0 Å². The number of aromatic amines is 2. The normalized spacial score (nSPS) is 11.3. The van der Waals surface area contributed by atoms with Crippen LogP contribution in [0.4, 0.5) is 0 Å². The lowest BCUT2D eigenvalue weighted by Gasteiger charge is -2.15. The minimum Gasteiger partial charge on any atom is -0.383 e. The van der Waals surface area contributed by atoms with Crippen molar-refractivity contribution < 1.29 is 9.53 Å². The minimum atomic E-state index is -0.715. The Kier molecular flexibility index (Phi) is 5.20. The van der Waals surface area contributed by atoms with E-state index in [1.165, 1.54) is 11.6 Å². The van der Waals surface area contributed by atoms with Crippen LogP contribution in [0, 0.1) is 6.07 Å². The molecule has 0 unspecified atom stereocenters. The lowest BCUT2D eigenvalue weighted by molar-refractivity contribution is 0.0995. The number of hydrogen-bond acceptors (Lipinski definition) is 4. The van der Waals surface area contributed by atoms with E-state index < -0.39 is 5.91 Å². The van der Waals surface area contributed by atoms with Crippen molar-refractivity contribution in [2.45, 2.75) is 6.54 Å². The van der Waals surface area contributed by atoms with Gasteiger partial charge in [-0.3, -0.25) is 14.5 Å². The van der Waals surface area contributed by atoms with Crippen LogP contribution in [0.2, 0.25) is 0 Å². The van der Waals surface area contributed by atoms with Crippen molar-refractivity contribution in [1.29, 1.82) is 0 Å². The van der Waals surface area contributed by atoms with E-state index in [0.717, 1.165) is 24.0 Å². The number of carbonyl (C=O) groups is 1. The van der Waals surface area contributed by atoms with Crippen LogP contribution in [-0.4, -0.2) is 48.1 Å². The fourth-order valence-corrected chi connectivity index (χ4v) is 2.82. The molecule has 0 atom stereocenters. The van der Waals surface area contributed by atoms with Crippen LogP contribution < -0.4 is 11.3 Å². The number of nitrogens with two attached hydrogens (primary N) is 1. The van der Waals surface area contributed by atoms with Gasteiger partial charge in [0.05, 0.1) is 17.9 Å². The number of fused-ring (bicyclic) bond motifs is 1. The summed E-state index contributed by atoms with van der Waals surface area (Å²) in [5.41, 5.74) is 7.92. The van der Waals surface area contributed by atoms with Crippen LogP contribution in [0.3, 0.4) is 0 Å². The van der Waals surface area contributed by atoms with Crippen LogP contribution >= 0.6 is 0 Å². The van der Waals surface area contributed by atoms with Crippen molar-refractivity contribution in [2.24, 2.45) is 5.73 Å². The molecule has 1 amide bonds. The molecule has 3 aromatic rings. The molecular weight excluding hydrogens is 332 g/mol. The van der Waals surface area contributed by atoms with Gasteiger partial charge in [0.15, 0.2) is 0 Å². The van der Waals surface area contributed by atoms with Crippen molar-refractivity contribution in [3.63, 3.8) is 0 Å². The van der Waals surface area contributed by atoms with Gasteiger partial charge in [0.1, 0.15) is 5.69 Å². The lowest BCUT2D eigenvalue weighted by Crippen LogP contribution is -2.22. The highest BCUT2D eigenvalue weighted by atomic mass is 16.5. The molecule has 0 bridgehead atoms. The Morgan fingerprint density at radius 2 is 2.12 bits per heavy atom. The topological polar surface area (TPSA) is 104 Å². The second-order valence-electron chi connectivity index (χ2n) is 6.23. The molecular formula is C19H21N4O3. The van der Waals surface area contributed by atoms with Crippen LogP contribution in [0.25, 0.3) is 22.2 Å². The van der Waals surface area contributed by atoms with Crippen LogP contribution in [0.5, 0.6) is 0 Å². The predicted octanol–water partition coefficient (Wildman–Crippen LogP) is 1.50. The van der Waals surface area contributed by atoms with Gasteiger partial charge in [0.25, 0.3) is 11.5 Å². The first-order valence-electron chi connectivity index (χ1n) is 8.22. The third-order valence-corrected chi connectivity index (χ3v) is 4.20. The summed E-state index contributed by atoms with van der Waals surface area (Å²) in [7, 11) is 3.73. The minimum absolute atomic E-state index is 0.0313. The number of primary amides is 1. The number of nitrogens with zero attached hydrogens (tertiary/aromatic N) is 1. The number of nitrogens with one attached hydrogen (secondary N) is 2. The summed E-state index contributed by atoms with van der Waals surface area (Å²) in [4.78, 5) is 31.2. The number of H-pyrrole nitrogens is 2. The van der Waals surface area contributed by atoms with Gasteiger partial charge in [-0.25, -0.2) is 0 Å². The zero-order chi connectivity index (χ0) is 18.7. The first-order chi connectivity index (χ1) is 12.5. The number of benzene rings is 1. The molecule has 0 aliphatic rings. The Balaban J connectivity index is 1.88. The van der Waals surface area contributed by atoms with Crippen molar-refractivity contribution >= 4 is 16.8 Å². The van der Waals surface area contributed by atoms with Crippen molar-refractivity contribution in [3.05, 3.63) is 58.0 Å². The monoisotopic (exact) mass is 353 g/mol. The molecule has 0 saturated heterocycles. The molecule has 0 saturated carbocycles. The maximum Gasteiger partial charge on any atom is 0.265 e. The van der Waals surface area contributed by atoms with Gasteiger partial charge in [0, 0.05) is 37.2 Å². The molecule has 1 radical (unpaired) electrons. The van der Waals surface area contributed by atoms with Gasteiger partial charge >= 0.3 is 0 Å². The Hall–Kier alpha value is -2.90. The van der Waals surface area contributed by atoms with Gasteiger partial charge in [-0.1, -0.05) is 6.07 Å². The van der Waals surface area contributed by atoms with E-state index in [1.807, 2.05) is 19.2 Å². The number of pyridine rings is 1. The molecule has 2 heterocycles. The summed E-state index contributed by atoms with van der Waals surface area (Å²) in [6.45, 7) is 2.35. The molecule has 4 N–H and O–H groups in total. The number of ether oxygens (including phenoxy) is 1. The Morgan fingerprint density at radius 3 is 2.81 bits per heavy atom. The molecule has 135 valence electrons. The van der Waals surface area contributed by atoms with Gasteiger partial charge < -0.3 is 20.4 Å². The summed E-state index contributed by atoms with van der Waals surface area (Å²) in [5, 5.41) is 1.01. The van der Waals surface area contributed by atoms with Crippen molar-refractivity contribution in [1.82, 2.24) is 14.9 Å². The molecule has 1 aromatic carbocycles. The van der Waals surface area contributed by atoms with Crippen LogP contribution in [-0.2, 0) is 11.3 Å². The van der Waals surface area contributed by atoms with Gasteiger partial charge in [-0.15, -0.1) is 0 Å². The second kappa shape index (κ2) is 7.55. The van der Waals surface area contributed by atoms with Crippen LogP contribution in [0.1, 0.15) is 16.1 Å². The zero-order valence-corrected chi connectivity index (χ0v) is 14.8. The summed E-state index contributed by atoms with van der Waals surface area (Å²) < 4.78 is 5.10. The van der Waals surface area contributed by atoms with E-state index in [1.54, 1.807) is 7.11 Å². The smallest absolute Gasteiger partial charge is 0.265 e. The number of aromatic nitrogens is 2. The summed E-state index contributed by atoms with van der Waals surface area (Å²) in [5.74, 6) is -0.715. The molecule has 7 nitrogen and oxygen atoms in total. The quantitative estimate of drug-likeness (QED) is 0.599. The maximum absolute atomic E-state index is 12.2. The molecule has 0 aliphatic carbocycles. The van der Waals surface area contributed by atoms with E-state index in [-0.39, 0.29) is 11.3 Å². The zero-order valence-electron chi connectivity index (χ0n) is 14.8. The Labute approximate surface area is 150 Å². The second-order valence-corrected chi connectivity index (χ2v) is 6.23. The molecule has 7 heteroatoms. The number of hydrogen-bond donors (Lipinski definition) is 3. The van der Waals surface area contributed by atoms with E-state index in [2.05, 4.69) is 33.1 Å². The molecule has 26 heavy (non-hydrogen) atoms. The fraction of sp³-hybridized carbons (Fsp3) is 0.263. The third-order valence-electron chi connectivity index (χ3n) is 4.20. The van der Waals surface area contributed by atoms with Gasteiger partial charge in [0.2, 0.25) is 0 Å². The standard InChI is InChI=1S/C19H21N4O3/c1-23(7-8-26-2)11-12-3-5-15-13(9-12)10-17(21-15)14-4-6-16(18(20)24)22-19(14)25/h3-5,9-10,21H,7-8,11H2,1-2H3,(H2,20,24)(H,22,25). The third kappa shape index (κ3) is 3.84. The predicted molar refractivity (Wildman–Crippen MR) is 99.9 cm³/mol. The molecule has 2 aromatic heterocycles. The number of rotatable bonds is 7. The largest absolute Gasteiger partial charge is 0.383 e. The van der Waals surface area contributed by atoms with Crippen molar-refractivity contribution in [3.8, 4) is 11.3 Å². The first kappa shape index (κ1) is 17.9. The number of amides is 1. The average Bonchev–Trinajstić information content (AvgIpc) is 3.02. The van der Waals surface area contributed by atoms with Crippen molar-refractivity contribution in [2.75, 3.05) is 27.3 Å². The van der Waals surface area contributed by atoms with E-state index in [9.17, 15) is 9.59 Å². The Morgan fingerprint density at radius 1 is 1.31 bits per heavy atom. The fourth-order valence-electron chi connectivity index (χ4n) is 2.82. The molecule has 0 fully saturated rings.